The predicted molar refractivity (Wildman–Crippen MR) is 121 cm³/mol. The van der Waals surface area contributed by atoms with Crippen molar-refractivity contribution in [3.8, 4) is 11.8 Å². The van der Waals surface area contributed by atoms with Crippen molar-refractivity contribution in [3.05, 3.63) is 92.4 Å². The van der Waals surface area contributed by atoms with Crippen molar-refractivity contribution in [2.75, 3.05) is 0 Å². The number of H-pyrrole nitrogens is 1. The molecule has 32 heavy (non-hydrogen) atoms. The van der Waals surface area contributed by atoms with Gasteiger partial charge < -0.3 is 9.30 Å². The molecule has 0 spiro atoms. The first-order chi connectivity index (χ1) is 15.6. The number of imidazole rings is 1. The number of fused-ring (bicyclic) bond motifs is 1. The molecule has 0 saturated heterocycles. The van der Waals surface area contributed by atoms with Gasteiger partial charge in [0, 0.05) is 6.54 Å². The van der Waals surface area contributed by atoms with Gasteiger partial charge in [0.15, 0.2) is 11.2 Å². The lowest BCUT2D eigenvalue weighted by molar-refractivity contribution is 0.289. The minimum absolute atomic E-state index is 0.0655. The highest BCUT2D eigenvalue weighted by atomic mass is 16.5. The molecule has 0 bridgehead atoms. The van der Waals surface area contributed by atoms with Crippen LogP contribution in [0.3, 0.4) is 0 Å². The van der Waals surface area contributed by atoms with Gasteiger partial charge in [0.1, 0.15) is 24.3 Å². The van der Waals surface area contributed by atoms with Gasteiger partial charge in [0.25, 0.3) is 5.56 Å². The summed E-state index contributed by atoms with van der Waals surface area (Å²) in [5, 5.41) is 9.31. The highest BCUT2D eigenvalue weighted by Gasteiger charge is 2.19. The lowest BCUT2D eigenvalue weighted by Gasteiger charge is -2.10. The van der Waals surface area contributed by atoms with E-state index in [1.54, 1.807) is 24.3 Å². The van der Waals surface area contributed by atoms with Gasteiger partial charge in [-0.15, -0.1) is 0 Å². The largest absolute Gasteiger partial charge is 0.484 e. The van der Waals surface area contributed by atoms with Gasteiger partial charge in [-0.25, -0.2) is 9.78 Å². The smallest absolute Gasteiger partial charge is 0.330 e. The number of para-hydroxylation sites is 1. The molecule has 0 aliphatic rings. The van der Waals surface area contributed by atoms with Crippen LogP contribution >= 0.6 is 0 Å². The second-order valence-electron chi connectivity index (χ2n) is 7.43. The summed E-state index contributed by atoms with van der Waals surface area (Å²) >= 11 is 0. The van der Waals surface area contributed by atoms with E-state index in [4.69, 9.17) is 4.74 Å². The molecule has 0 fully saturated rings. The van der Waals surface area contributed by atoms with E-state index < -0.39 is 11.2 Å². The van der Waals surface area contributed by atoms with E-state index in [1.807, 2.05) is 34.9 Å². The van der Waals surface area contributed by atoms with E-state index in [1.165, 1.54) is 4.57 Å². The summed E-state index contributed by atoms with van der Waals surface area (Å²) in [5.74, 6) is 0.971. The van der Waals surface area contributed by atoms with Crippen molar-refractivity contribution in [2.45, 2.75) is 39.5 Å². The standard InChI is InChI=1S/C24H23N5O3/c1-2-3-13-28-20(16-32-19-12-8-7-11-18(19)14-25)26-22-21(28)23(30)27-24(31)29(22)15-17-9-5-4-6-10-17/h4-12H,2-3,13,15-16H2,1H3,(H,27,30,31). The Labute approximate surface area is 184 Å². The van der Waals surface area contributed by atoms with Crippen LogP contribution in [0.25, 0.3) is 11.2 Å². The van der Waals surface area contributed by atoms with Crippen LogP contribution in [0.5, 0.6) is 5.75 Å². The van der Waals surface area contributed by atoms with E-state index >= 15 is 0 Å². The Morgan fingerprint density at radius 1 is 1.06 bits per heavy atom. The molecule has 0 atom stereocenters. The molecule has 0 aliphatic carbocycles. The van der Waals surface area contributed by atoms with Crippen LogP contribution in [0.15, 0.2) is 64.2 Å². The van der Waals surface area contributed by atoms with E-state index in [-0.39, 0.29) is 13.2 Å². The fourth-order valence-electron chi connectivity index (χ4n) is 3.62. The molecule has 8 heteroatoms. The molecule has 0 amide bonds. The number of unbranched alkanes of at least 4 members (excludes halogenated alkanes) is 1. The van der Waals surface area contributed by atoms with Crippen LogP contribution in [0.4, 0.5) is 0 Å². The van der Waals surface area contributed by atoms with Gasteiger partial charge in [-0.05, 0) is 24.1 Å². The number of nitrogens with one attached hydrogen (secondary N) is 1. The zero-order chi connectivity index (χ0) is 22.5. The van der Waals surface area contributed by atoms with Crippen LogP contribution < -0.4 is 16.0 Å². The number of benzene rings is 2. The van der Waals surface area contributed by atoms with Gasteiger partial charge in [0.2, 0.25) is 0 Å². The summed E-state index contributed by atoms with van der Waals surface area (Å²) in [6.45, 7) is 2.98. The number of nitriles is 1. The predicted octanol–water partition coefficient (Wildman–Crippen LogP) is 3.19. The normalized spacial score (nSPS) is 10.9. The summed E-state index contributed by atoms with van der Waals surface area (Å²) in [5.41, 5.74) is 1.04. The van der Waals surface area contributed by atoms with E-state index in [0.29, 0.717) is 34.8 Å². The molecule has 2 aromatic carbocycles. The first-order valence-electron chi connectivity index (χ1n) is 10.5. The quantitative estimate of drug-likeness (QED) is 0.463. The SMILES string of the molecule is CCCCn1c(COc2ccccc2C#N)nc2c1c(=O)[nH]c(=O)n2Cc1ccccc1. The number of rotatable bonds is 8. The van der Waals surface area contributed by atoms with Crippen LogP contribution in [0, 0.1) is 11.3 Å². The average Bonchev–Trinajstić information content (AvgIpc) is 3.18. The third kappa shape index (κ3) is 4.18. The van der Waals surface area contributed by atoms with E-state index in [0.717, 1.165) is 18.4 Å². The fourth-order valence-corrected chi connectivity index (χ4v) is 3.62. The molecule has 162 valence electrons. The highest BCUT2D eigenvalue weighted by Crippen LogP contribution is 2.20. The lowest BCUT2D eigenvalue weighted by Crippen LogP contribution is -2.31. The van der Waals surface area contributed by atoms with Crippen molar-refractivity contribution in [2.24, 2.45) is 0 Å². The summed E-state index contributed by atoms with van der Waals surface area (Å²) in [6.07, 6.45) is 1.77. The lowest BCUT2D eigenvalue weighted by atomic mass is 10.2. The number of aryl methyl sites for hydroxylation is 1. The van der Waals surface area contributed by atoms with E-state index in [2.05, 4.69) is 23.0 Å². The number of ether oxygens (including phenoxy) is 1. The average molecular weight is 429 g/mol. The Kier molecular flexibility index (Phi) is 6.17. The zero-order valence-corrected chi connectivity index (χ0v) is 17.7. The fraction of sp³-hybridized carbons (Fsp3) is 0.250. The number of nitrogens with zero attached hydrogens (tertiary/aromatic N) is 4. The van der Waals surface area contributed by atoms with Gasteiger partial charge in [0.05, 0.1) is 12.1 Å². The van der Waals surface area contributed by atoms with Gasteiger partial charge in [-0.2, -0.15) is 5.26 Å². The summed E-state index contributed by atoms with van der Waals surface area (Å²) < 4.78 is 9.17. The Morgan fingerprint density at radius 2 is 1.81 bits per heavy atom. The van der Waals surface area contributed by atoms with Crippen molar-refractivity contribution >= 4 is 11.2 Å². The topological polar surface area (TPSA) is 106 Å². The van der Waals surface area contributed by atoms with Gasteiger partial charge >= 0.3 is 5.69 Å². The van der Waals surface area contributed by atoms with Gasteiger partial charge in [-0.1, -0.05) is 55.8 Å². The Balaban J connectivity index is 1.80. The first kappa shape index (κ1) is 21.1. The molecule has 1 N–H and O–H groups in total. The number of aromatic nitrogens is 4. The first-order valence-corrected chi connectivity index (χ1v) is 10.5. The van der Waals surface area contributed by atoms with Crippen molar-refractivity contribution in [1.82, 2.24) is 19.1 Å². The molecule has 4 rings (SSSR count). The Bertz CT molecular complexity index is 1390. The minimum atomic E-state index is -0.506. The Hall–Kier alpha value is -4.12. The number of hydrogen-bond donors (Lipinski definition) is 1. The van der Waals surface area contributed by atoms with Crippen molar-refractivity contribution in [1.29, 1.82) is 5.26 Å². The van der Waals surface area contributed by atoms with Crippen LogP contribution in [0.1, 0.15) is 36.7 Å². The van der Waals surface area contributed by atoms with Crippen LogP contribution in [-0.4, -0.2) is 19.1 Å². The molecule has 2 aromatic heterocycles. The maximum absolute atomic E-state index is 12.8. The maximum Gasteiger partial charge on any atom is 0.330 e. The Morgan fingerprint density at radius 3 is 2.56 bits per heavy atom. The third-order valence-corrected chi connectivity index (χ3v) is 5.25. The summed E-state index contributed by atoms with van der Waals surface area (Å²) in [7, 11) is 0. The minimum Gasteiger partial charge on any atom is -0.484 e. The van der Waals surface area contributed by atoms with Crippen LogP contribution in [0.2, 0.25) is 0 Å². The number of aromatic amines is 1. The zero-order valence-electron chi connectivity index (χ0n) is 17.7. The molecular weight excluding hydrogens is 406 g/mol. The molecular formula is C24H23N5O3. The highest BCUT2D eigenvalue weighted by molar-refractivity contribution is 5.71. The second-order valence-corrected chi connectivity index (χ2v) is 7.43. The van der Waals surface area contributed by atoms with Crippen molar-refractivity contribution < 1.29 is 4.74 Å². The van der Waals surface area contributed by atoms with Crippen LogP contribution in [-0.2, 0) is 19.7 Å². The van der Waals surface area contributed by atoms with Crippen molar-refractivity contribution in [3.63, 3.8) is 0 Å². The van der Waals surface area contributed by atoms with E-state index in [9.17, 15) is 14.9 Å². The molecule has 0 unspecified atom stereocenters. The molecule has 0 radical (unpaired) electrons. The molecule has 4 aromatic rings. The van der Waals surface area contributed by atoms with Gasteiger partial charge in [-0.3, -0.25) is 14.3 Å². The molecule has 0 saturated carbocycles. The molecule has 8 nitrogen and oxygen atoms in total. The third-order valence-electron chi connectivity index (χ3n) is 5.25. The summed E-state index contributed by atoms with van der Waals surface area (Å²) in [4.78, 5) is 32.5. The molecule has 2 heterocycles. The maximum atomic E-state index is 12.8. The molecule has 0 aliphatic heterocycles. The monoisotopic (exact) mass is 429 g/mol. The summed E-state index contributed by atoms with van der Waals surface area (Å²) in [6, 6.07) is 18.6. The second kappa shape index (κ2) is 9.35. The number of hydrogen-bond acceptors (Lipinski definition) is 5.